The van der Waals surface area contributed by atoms with Gasteiger partial charge in [-0.3, -0.25) is 10.8 Å². The Morgan fingerprint density at radius 1 is 1.47 bits per heavy atom. The summed E-state index contributed by atoms with van der Waals surface area (Å²) in [6.45, 7) is 3.92. The minimum Gasteiger partial charge on any atom is -0.323 e. The van der Waals surface area contributed by atoms with Gasteiger partial charge >= 0.3 is 0 Å². The monoisotopic (exact) mass is 253 g/mol. The summed E-state index contributed by atoms with van der Waals surface area (Å²) in [6, 6.07) is 2.87. The number of anilines is 1. The largest absolute Gasteiger partial charge is 0.323 e. The summed E-state index contributed by atoms with van der Waals surface area (Å²) >= 11 is 5.77. The van der Waals surface area contributed by atoms with Crippen LogP contribution in [0.25, 0.3) is 10.9 Å². The van der Waals surface area contributed by atoms with Crippen molar-refractivity contribution >= 4 is 28.2 Å². The Balaban J connectivity index is 2.88. The molecule has 0 aliphatic rings. The van der Waals surface area contributed by atoms with Gasteiger partial charge in [0.15, 0.2) is 0 Å². The fraction of sp³-hybridized carbons (Fsp3) is 0.250. The van der Waals surface area contributed by atoms with Crippen LogP contribution >= 0.6 is 11.6 Å². The van der Waals surface area contributed by atoms with Crippen LogP contribution in [0.2, 0.25) is 5.02 Å². The van der Waals surface area contributed by atoms with E-state index in [2.05, 4.69) is 10.4 Å². The first-order valence-electron chi connectivity index (χ1n) is 5.33. The Kier molecular flexibility index (Phi) is 3.17. The number of hydrazine groups is 1. The van der Waals surface area contributed by atoms with Gasteiger partial charge in [0, 0.05) is 17.1 Å². The minimum absolute atomic E-state index is 0.0689. The van der Waals surface area contributed by atoms with E-state index in [4.69, 9.17) is 17.4 Å². The Morgan fingerprint density at radius 2 is 2.18 bits per heavy atom. The lowest BCUT2D eigenvalue weighted by Crippen LogP contribution is -2.11. The zero-order valence-electron chi connectivity index (χ0n) is 9.64. The van der Waals surface area contributed by atoms with E-state index < -0.39 is 5.82 Å². The SMILES string of the molecule is CCc1nc2cc(F)c(Cl)cc2c(NN)c1C. The zero-order valence-corrected chi connectivity index (χ0v) is 10.4. The summed E-state index contributed by atoms with van der Waals surface area (Å²) in [4.78, 5) is 4.41. The summed E-state index contributed by atoms with van der Waals surface area (Å²) in [6.07, 6.45) is 0.765. The van der Waals surface area contributed by atoms with E-state index in [0.29, 0.717) is 5.52 Å². The molecule has 2 rings (SSSR count). The second kappa shape index (κ2) is 4.47. The highest BCUT2D eigenvalue weighted by molar-refractivity contribution is 6.31. The number of nitrogens with two attached hydrogens (primary N) is 1. The van der Waals surface area contributed by atoms with Crippen molar-refractivity contribution in [3.05, 3.63) is 34.2 Å². The van der Waals surface area contributed by atoms with Crippen molar-refractivity contribution in [2.75, 3.05) is 5.43 Å². The maximum Gasteiger partial charge on any atom is 0.143 e. The maximum atomic E-state index is 13.4. The number of hydrogen-bond donors (Lipinski definition) is 2. The number of halogens is 2. The Labute approximate surface area is 104 Å². The lowest BCUT2D eigenvalue weighted by molar-refractivity contribution is 0.629. The summed E-state index contributed by atoms with van der Waals surface area (Å²) in [7, 11) is 0. The molecule has 0 saturated heterocycles. The molecule has 0 aliphatic carbocycles. The van der Waals surface area contributed by atoms with Crippen molar-refractivity contribution < 1.29 is 4.39 Å². The van der Waals surface area contributed by atoms with E-state index in [0.717, 1.165) is 28.8 Å². The number of benzene rings is 1. The van der Waals surface area contributed by atoms with Crippen LogP contribution in [0.4, 0.5) is 10.1 Å². The van der Waals surface area contributed by atoms with Gasteiger partial charge in [-0.1, -0.05) is 18.5 Å². The molecule has 0 atom stereocenters. The average Bonchev–Trinajstić information content (AvgIpc) is 2.31. The molecular formula is C12H13ClFN3. The molecule has 0 bridgehead atoms. The summed E-state index contributed by atoms with van der Waals surface area (Å²) in [5.74, 6) is 5.04. The summed E-state index contributed by atoms with van der Waals surface area (Å²) in [5.41, 5.74) is 5.80. The van der Waals surface area contributed by atoms with Crippen molar-refractivity contribution in [2.45, 2.75) is 20.3 Å². The van der Waals surface area contributed by atoms with Crippen molar-refractivity contribution in [3.8, 4) is 0 Å². The van der Waals surface area contributed by atoms with Crippen LogP contribution in [0.1, 0.15) is 18.2 Å². The number of hydrogen-bond acceptors (Lipinski definition) is 3. The van der Waals surface area contributed by atoms with Gasteiger partial charge in [0.1, 0.15) is 5.82 Å². The van der Waals surface area contributed by atoms with Gasteiger partial charge in [-0.25, -0.2) is 4.39 Å². The first kappa shape index (κ1) is 12.1. The first-order chi connectivity index (χ1) is 8.08. The third kappa shape index (κ3) is 1.94. The molecule has 0 unspecified atom stereocenters. The van der Waals surface area contributed by atoms with E-state index in [9.17, 15) is 4.39 Å². The van der Waals surface area contributed by atoms with E-state index in [1.807, 2.05) is 13.8 Å². The van der Waals surface area contributed by atoms with Crippen molar-refractivity contribution in [1.29, 1.82) is 0 Å². The molecule has 1 heterocycles. The van der Waals surface area contributed by atoms with Crippen LogP contribution in [0, 0.1) is 12.7 Å². The molecular weight excluding hydrogens is 241 g/mol. The molecule has 3 N–H and O–H groups in total. The third-order valence-corrected chi connectivity index (χ3v) is 3.14. The Bertz CT molecular complexity index is 584. The first-order valence-corrected chi connectivity index (χ1v) is 5.71. The predicted molar refractivity (Wildman–Crippen MR) is 68.6 cm³/mol. The van der Waals surface area contributed by atoms with Gasteiger partial charge < -0.3 is 5.43 Å². The molecule has 1 aromatic carbocycles. The number of aryl methyl sites for hydroxylation is 1. The average molecular weight is 254 g/mol. The lowest BCUT2D eigenvalue weighted by Gasteiger charge is -2.13. The Morgan fingerprint density at radius 3 is 2.76 bits per heavy atom. The summed E-state index contributed by atoms with van der Waals surface area (Å²) < 4.78 is 13.4. The quantitative estimate of drug-likeness (QED) is 0.638. The van der Waals surface area contributed by atoms with Crippen LogP contribution in [-0.4, -0.2) is 4.98 Å². The molecule has 17 heavy (non-hydrogen) atoms. The lowest BCUT2D eigenvalue weighted by atomic mass is 10.1. The van der Waals surface area contributed by atoms with Gasteiger partial charge in [0.2, 0.25) is 0 Å². The third-order valence-electron chi connectivity index (χ3n) is 2.85. The van der Waals surface area contributed by atoms with Gasteiger partial charge in [-0.05, 0) is 25.0 Å². The highest BCUT2D eigenvalue weighted by Gasteiger charge is 2.12. The van der Waals surface area contributed by atoms with Crippen LogP contribution in [0.5, 0.6) is 0 Å². The number of rotatable bonds is 2. The number of nitrogens with one attached hydrogen (secondary N) is 1. The fourth-order valence-electron chi connectivity index (χ4n) is 1.93. The van der Waals surface area contributed by atoms with Crippen LogP contribution in [-0.2, 0) is 6.42 Å². The molecule has 2 aromatic rings. The number of nitrogens with zero attached hydrogens (tertiary/aromatic N) is 1. The normalized spacial score (nSPS) is 10.9. The molecule has 3 nitrogen and oxygen atoms in total. The molecule has 0 radical (unpaired) electrons. The van der Waals surface area contributed by atoms with E-state index in [1.54, 1.807) is 6.07 Å². The molecule has 1 aromatic heterocycles. The highest BCUT2D eigenvalue weighted by atomic mass is 35.5. The van der Waals surface area contributed by atoms with Crippen LogP contribution in [0.3, 0.4) is 0 Å². The molecule has 5 heteroatoms. The standard InChI is InChI=1S/C12H13ClFN3/c1-3-10-6(2)12(17-15)7-4-8(13)9(14)5-11(7)16-10/h4-5H,3,15H2,1-2H3,(H,16,17). The van der Waals surface area contributed by atoms with E-state index in [-0.39, 0.29) is 5.02 Å². The van der Waals surface area contributed by atoms with E-state index in [1.165, 1.54) is 6.07 Å². The maximum absolute atomic E-state index is 13.4. The summed E-state index contributed by atoms with van der Waals surface area (Å²) in [5, 5.41) is 0.799. The smallest absolute Gasteiger partial charge is 0.143 e. The van der Waals surface area contributed by atoms with Crippen molar-refractivity contribution in [2.24, 2.45) is 5.84 Å². The van der Waals surface area contributed by atoms with Gasteiger partial charge in [0.25, 0.3) is 0 Å². The molecule has 0 saturated carbocycles. The zero-order chi connectivity index (χ0) is 12.6. The number of aromatic nitrogens is 1. The topological polar surface area (TPSA) is 50.9 Å². The second-order valence-electron chi connectivity index (χ2n) is 3.84. The van der Waals surface area contributed by atoms with Gasteiger partial charge in [0.05, 0.1) is 16.2 Å². The molecule has 0 aliphatic heterocycles. The molecule has 0 spiro atoms. The molecule has 0 fully saturated rings. The highest BCUT2D eigenvalue weighted by Crippen LogP contribution is 2.31. The fourth-order valence-corrected chi connectivity index (χ4v) is 2.10. The van der Waals surface area contributed by atoms with E-state index >= 15 is 0 Å². The molecule has 90 valence electrons. The molecule has 0 amide bonds. The van der Waals surface area contributed by atoms with Crippen molar-refractivity contribution in [3.63, 3.8) is 0 Å². The van der Waals surface area contributed by atoms with Crippen LogP contribution < -0.4 is 11.3 Å². The van der Waals surface area contributed by atoms with Gasteiger partial charge in [-0.15, -0.1) is 0 Å². The number of fused-ring (bicyclic) bond motifs is 1. The second-order valence-corrected chi connectivity index (χ2v) is 4.25. The number of nitrogen functional groups attached to an aromatic ring is 1. The predicted octanol–water partition coefficient (Wildman–Crippen LogP) is 3.18. The van der Waals surface area contributed by atoms with Crippen LogP contribution in [0.15, 0.2) is 12.1 Å². The van der Waals surface area contributed by atoms with Gasteiger partial charge in [-0.2, -0.15) is 0 Å². The Hall–Kier alpha value is -1.39. The van der Waals surface area contributed by atoms with Crippen molar-refractivity contribution in [1.82, 2.24) is 4.98 Å². The number of pyridine rings is 1. The minimum atomic E-state index is -0.472.